The Balaban J connectivity index is 0.00000484. The van der Waals surface area contributed by atoms with E-state index in [0.717, 1.165) is 62.2 Å². The topological polar surface area (TPSA) is 41.8 Å². The number of methoxy groups -OCH3 is 1. The molecule has 1 aromatic rings. The second-order valence-electron chi connectivity index (χ2n) is 5.41. The van der Waals surface area contributed by atoms with Crippen molar-refractivity contribution in [1.82, 2.24) is 14.8 Å². The Morgan fingerprint density at radius 1 is 1.39 bits per heavy atom. The van der Waals surface area contributed by atoms with Crippen LogP contribution in [-0.2, 0) is 18.3 Å². The Bertz CT molecular complexity index is 465. The highest BCUT2D eigenvalue weighted by molar-refractivity contribution is 14.0. The van der Waals surface area contributed by atoms with Gasteiger partial charge in [-0.25, -0.2) is 0 Å². The largest absolute Gasteiger partial charge is 0.385 e. The fraction of sp³-hybridized carbons (Fsp3) is 0.688. The molecule has 134 valence electrons. The van der Waals surface area contributed by atoms with Crippen LogP contribution in [0.4, 0.5) is 0 Å². The van der Waals surface area contributed by atoms with Crippen LogP contribution in [0, 0.1) is 0 Å². The standard InChI is InChI=1S/C16H29ClN4O.HI/c1-5-18-16(19-9-7-6-8-10-22-4)21(3)13-15-11-14(17)12-20(15)2;/h11-12H,5-10,13H2,1-4H3,(H,18,19);1H. The number of aryl methyl sites for hydroxylation is 1. The van der Waals surface area contributed by atoms with Crippen LogP contribution in [0.3, 0.4) is 0 Å². The molecule has 0 radical (unpaired) electrons. The van der Waals surface area contributed by atoms with E-state index in [0.29, 0.717) is 0 Å². The van der Waals surface area contributed by atoms with Crippen LogP contribution in [0.2, 0.25) is 5.02 Å². The summed E-state index contributed by atoms with van der Waals surface area (Å²) in [7, 11) is 5.80. The Hall–Kier alpha value is -0.470. The average Bonchev–Trinajstić information content (AvgIpc) is 2.79. The predicted octanol–water partition coefficient (Wildman–Crippen LogP) is 3.51. The minimum atomic E-state index is 0. The zero-order chi connectivity index (χ0) is 16.4. The molecule has 0 aliphatic heterocycles. The Labute approximate surface area is 162 Å². The van der Waals surface area contributed by atoms with Gasteiger partial charge in [0, 0.05) is 52.8 Å². The molecule has 0 amide bonds. The third kappa shape index (κ3) is 8.81. The molecule has 1 aromatic heterocycles. The molecular formula is C16H30ClIN4O. The number of hydrogen-bond acceptors (Lipinski definition) is 2. The molecule has 0 bridgehead atoms. The normalized spacial score (nSPS) is 11.3. The van der Waals surface area contributed by atoms with Crippen molar-refractivity contribution >= 4 is 41.5 Å². The summed E-state index contributed by atoms with van der Waals surface area (Å²) < 4.78 is 7.11. The van der Waals surface area contributed by atoms with E-state index in [1.807, 2.05) is 30.9 Å². The second kappa shape index (κ2) is 12.9. The number of aliphatic imine (C=N–C) groups is 1. The van der Waals surface area contributed by atoms with Gasteiger partial charge in [-0.15, -0.1) is 24.0 Å². The summed E-state index contributed by atoms with van der Waals surface area (Å²) in [4.78, 5) is 6.82. The highest BCUT2D eigenvalue weighted by atomic mass is 127. The van der Waals surface area contributed by atoms with Crippen molar-refractivity contribution in [3.05, 3.63) is 23.0 Å². The molecule has 0 saturated carbocycles. The van der Waals surface area contributed by atoms with Crippen LogP contribution in [0.25, 0.3) is 0 Å². The third-order valence-electron chi connectivity index (χ3n) is 3.44. The van der Waals surface area contributed by atoms with E-state index < -0.39 is 0 Å². The first kappa shape index (κ1) is 22.5. The quantitative estimate of drug-likeness (QED) is 0.268. The van der Waals surface area contributed by atoms with Crippen molar-refractivity contribution < 1.29 is 4.74 Å². The van der Waals surface area contributed by atoms with Gasteiger partial charge in [0.05, 0.1) is 11.6 Å². The van der Waals surface area contributed by atoms with Gasteiger partial charge in [-0.3, -0.25) is 4.99 Å². The van der Waals surface area contributed by atoms with E-state index >= 15 is 0 Å². The van der Waals surface area contributed by atoms with Gasteiger partial charge in [-0.2, -0.15) is 0 Å². The van der Waals surface area contributed by atoms with Crippen LogP contribution >= 0.6 is 35.6 Å². The predicted molar refractivity (Wildman–Crippen MR) is 109 cm³/mol. The van der Waals surface area contributed by atoms with Crippen molar-refractivity contribution in [3.8, 4) is 0 Å². The zero-order valence-electron chi connectivity index (χ0n) is 14.6. The van der Waals surface area contributed by atoms with E-state index in [4.69, 9.17) is 21.3 Å². The van der Waals surface area contributed by atoms with Crippen LogP contribution in [0.5, 0.6) is 0 Å². The van der Waals surface area contributed by atoms with Gasteiger partial charge in [-0.05, 0) is 32.3 Å². The molecule has 0 aromatic carbocycles. The molecule has 0 atom stereocenters. The molecule has 1 heterocycles. The molecule has 0 aliphatic rings. The Morgan fingerprint density at radius 3 is 2.70 bits per heavy atom. The van der Waals surface area contributed by atoms with Gasteiger partial charge in [0.2, 0.25) is 0 Å². The van der Waals surface area contributed by atoms with Crippen molar-refractivity contribution in [1.29, 1.82) is 0 Å². The number of halogens is 2. The lowest BCUT2D eigenvalue weighted by molar-refractivity contribution is 0.192. The van der Waals surface area contributed by atoms with Crippen LogP contribution in [0.1, 0.15) is 31.9 Å². The van der Waals surface area contributed by atoms with E-state index in [1.165, 1.54) is 0 Å². The maximum absolute atomic E-state index is 6.04. The summed E-state index contributed by atoms with van der Waals surface area (Å²) in [5, 5.41) is 4.11. The maximum atomic E-state index is 6.04. The molecule has 5 nitrogen and oxygen atoms in total. The van der Waals surface area contributed by atoms with Crippen molar-refractivity contribution in [3.63, 3.8) is 0 Å². The Kier molecular flexibility index (Phi) is 12.6. The van der Waals surface area contributed by atoms with Crippen LogP contribution in [0.15, 0.2) is 17.3 Å². The van der Waals surface area contributed by atoms with Crippen molar-refractivity contribution in [2.24, 2.45) is 12.0 Å². The van der Waals surface area contributed by atoms with Crippen molar-refractivity contribution in [2.75, 3.05) is 33.9 Å². The van der Waals surface area contributed by atoms with E-state index in [2.05, 4.69) is 17.1 Å². The number of nitrogens with zero attached hydrogens (tertiary/aromatic N) is 3. The fourth-order valence-corrected chi connectivity index (χ4v) is 2.50. The number of nitrogens with one attached hydrogen (secondary N) is 1. The van der Waals surface area contributed by atoms with Gasteiger partial charge < -0.3 is 19.5 Å². The molecule has 0 fully saturated rings. The van der Waals surface area contributed by atoms with Crippen LogP contribution in [-0.4, -0.2) is 49.3 Å². The lowest BCUT2D eigenvalue weighted by atomic mass is 10.2. The Morgan fingerprint density at radius 2 is 2.13 bits per heavy atom. The number of guanidine groups is 1. The van der Waals surface area contributed by atoms with Gasteiger partial charge in [0.1, 0.15) is 0 Å². The summed E-state index contributed by atoms with van der Waals surface area (Å²) in [6, 6.07) is 1.99. The first-order chi connectivity index (χ1) is 10.6. The molecule has 0 saturated heterocycles. The molecular weight excluding hydrogens is 427 g/mol. The van der Waals surface area contributed by atoms with E-state index in [-0.39, 0.29) is 24.0 Å². The van der Waals surface area contributed by atoms with Gasteiger partial charge >= 0.3 is 0 Å². The lowest BCUT2D eigenvalue weighted by Gasteiger charge is -2.22. The average molecular weight is 457 g/mol. The molecule has 1 rings (SSSR count). The van der Waals surface area contributed by atoms with Crippen LogP contribution < -0.4 is 5.32 Å². The highest BCUT2D eigenvalue weighted by Gasteiger charge is 2.09. The minimum absolute atomic E-state index is 0. The highest BCUT2D eigenvalue weighted by Crippen LogP contribution is 2.14. The summed E-state index contributed by atoms with van der Waals surface area (Å²) in [5.74, 6) is 0.937. The summed E-state index contributed by atoms with van der Waals surface area (Å²) in [6.07, 6.45) is 5.25. The van der Waals surface area contributed by atoms with E-state index in [9.17, 15) is 0 Å². The summed E-state index contributed by atoms with van der Waals surface area (Å²) >= 11 is 6.04. The monoisotopic (exact) mass is 456 g/mol. The SMILES string of the molecule is CCNC(=NCCCCCOC)N(C)Cc1cc(Cl)cn1C.I. The second-order valence-corrected chi connectivity index (χ2v) is 5.84. The van der Waals surface area contributed by atoms with Gasteiger partial charge in [0.25, 0.3) is 0 Å². The minimum Gasteiger partial charge on any atom is -0.385 e. The molecule has 0 spiro atoms. The molecule has 23 heavy (non-hydrogen) atoms. The third-order valence-corrected chi connectivity index (χ3v) is 3.64. The van der Waals surface area contributed by atoms with Crippen molar-refractivity contribution in [2.45, 2.75) is 32.7 Å². The van der Waals surface area contributed by atoms with E-state index in [1.54, 1.807) is 7.11 Å². The first-order valence-corrected chi connectivity index (χ1v) is 8.25. The summed E-state index contributed by atoms with van der Waals surface area (Å²) in [5.41, 5.74) is 1.16. The number of unbranched alkanes of at least 4 members (excludes halogenated alkanes) is 2. The number of aromatic nitrogens is 1. The molecule has 7 heteroatoms. The number of rotatable bonds is 9. The summed E-state index contributed by atoms with van der Waals surface area (Å²) in [6.45, 7) is 5.39. The molecule has 1 N–H and O–H groups in total. The maximum Gasteiger partial charge on any atom is 0.194 e. The number of hydrogen-bond donors (Lipinski definition) is 1. The molecule has 0 aliphatic carbocycles. The van der Waals surface area contributed by atoms with Gasteiger partial charge in [0.15, 0.2) is 5.96 Å². The lowest BCUT2D eigenvalue weighted by Crippen LogP contribution is -2.38. The number of ether oxygens (including phenoxy) is 1. The first-order valence-electron chi connectivity index (χ1n) is 7.87. The zero-order valence-corrected chi connectivity index (χ0v) is 17.7. The molecule has 0 unspecified atom stereocenters. The van der Waals surface area contributed by atoms with Gasteiger partial charge in [-0.1, -0.05) is 11.6 Å². The smallest absolute Gasteiger partial charge is 0.194 e. The fourth-order valence-electron chi connectivity index (χ4n) is 2.23.